The van der Waals surface area contributed by atoms with Gasteiger partial charge in [0.1, 0.15) is 5.82 Å². The zero-order valence-corrected chi connectivity index (χ0v) is 17.4. The van der Waals surface area contributed by atoms with Crippen molar-refractivity contribution in [2.45, 2.75) is 6.54 Å². The van der Waals surface area contributed by atoms with E-state index in [1.165, 1.54) is 12.1 Å². The van der Waals surface area contributed by atoms with E-state index in [-0.39, 0.29) is 10.9 Å². The van der Waals surface area contributed by atoms with Gasteiger partial charge < -0.3 is 15.2 Å². The summed E-state index contributed by atoms with van der Waals surface area (Å²) in [6.45, 7) is 3.66. The molecule has 0 unspecified atom stereocenters. The number of morpholine rings is 1. The molecule has 3 aromatic rings. The quantitative estimate of drug-likeness (QED) is 0.570. The number of benzene rings is 1. The molecule has 2 aromatic heterocycles. The van der Waals surface area contributed by atoms with Crippen molar-refractivity contribution >= 4 is 29.0 Å². The van der Waals surface area contributed by atoms with Crippen molar-refractivity contribution in [1.29, 1.82) is 0 Å². The number of ether oxygens (including phenoxy) is 1. The minimum Gasteiger partial charge on any atom is -0.486 e. The Balaban J connectivity index is 1.41. The van der Waals surface area contributed by atoms with Crippen molar-refractivity contribution in [2.24, 2.45) is 0 Å². The Labute approximate surface area is 182 Å². The summed E-state index contributed by atoms with van der Waals surface area (Å²) in [7, 11) is 0. The van der Waals surface area contributed by atoms with Crippen LogP contribution >= 0.6 is 11.3 Å². The van der Waals surface area contributed by atoms with Crippen molar-refractivity contribution in [3.8, 4) is 15.6 Å². The summed E-state index contributed by atoms with van der Waals surface area (Å²) >= 11 is 1.13. The molecule has 1 aromatic carbocycles. The van der Waals surface area contributed by atoms with Gasteiger partial charge in [0.2, 0.25) is 5.91 Å². The van der Waals surface area contributed by atoms with E-state index in [1.54, 1.807) is 36.8 Å². The fourth-order valence-corrected chi connectivity index (χ4v) is 3.97. The molecule has 0 bridgehead atoms. The van der Waals surface area contributed by atoms with E-state index in [1.807, 2.05) is 6.07 Å². The standard InChI is InChI=1S/C22H21FN4O3S/c23-18-11-15(14-27-7-9-30-10-8-27)1-3-19(18)26-21(28)4-2-16-12-24-6-5-17(16)20-13-25-22(29)31-20/h1-6,11-13H,7-10,14H2,(H,25,29)(H,26,28)/b4-2+. The Morgan fingerprint density at radius 3 is 2.87 bits per heavy atom. The van der Waals surface area contributed by atoms with Gasteiger partial charge in [-0.1, -0.05) is 17.4 Å². The molecular formula is C22H21FN4O3S. The van der Waals surface area contributed by atoms with Crippen LogP contribution in [0, 0.1) is 5.82 Å². The zero-order valence-electron chi connectivity index (χ0n) is 16.6. The van der Waals surface area contributed by atoms with Gasteiger partial charge in [0.25, 0.3) is 5.19 Å². The number of aromatic hydroxyl groups is 1. The lowest BCUT2D eigenvalue weighted by Crippen LogP contribution is -2.35. The number of rotatable bonds is 6. The number of thiazole rings is 1. The molecule has 0 radical (unpaired) electrons. The fraction of sp³-hybridized carbons (Fsp3) is 0.227. The highest BCUT2D eigenvalue weighted by atomic mass is 32.1. The molecule has 1 amide bonds. The van der Waals surface area contributed by atoms with E-state index in [2.05, 4.69) is 20.2 Å². The third kappa shape index (κ3) is 5.52. The number of halogens is 1. The Kier molecular flexibility index (Phi) is 6.66. The van der Waals surface area contributed by atoms with Crippen molar-refractivity contribution in [2.75, 3.05) is 31.6 Å². The predicted octanol–water partition coefficient (Wildman–Crippen LogP) is 3.53. The first-order valence-electron chi connectivity index (χ1n) is 9.75. The van der Waals surface area contributed by atoms with Crippen LogP contribution in [0.1, 0.15) is 11.1 Å². The minimum atomic E-state index is -0.477. The first-order valence-corrected chi connectivity index (χ1v) is 10.6. The summed E-state index contributed by atoms with van der Waals surface area (Å²) in [6.07, 6.45) is 7.70. The van der Waals surface area contributed by atoms with Crippen LogP contribution in [0.4, 0.5) is 10.1 Å². The van der Waals surface area contributed by atoms with Crippen LogP contribution in [0.15, 0.2) is 48.9 Å². The molecule has 1 fully saturated rings. The maximum Gasteiger partial charge on any atom is 0.271 e. The molecule has 2 N–H and O–H groups in total. The number of nitrogens with one attached hydrogen (secondary N) is 1. The monoisotopic (exact) mass is 440 g/mol. The smallest absolute Gasteiger partial charge is 0.271 e. The number of pyridine rings is 1. The molecule has 0 atom stereocenters. The number of hydrogen-bond acceptors (Lipinski definition) is 7. The van der Waals surface area contributed by atoms with Gasteiger partial charge in [-0.2, -0.15) is 0 Å². The summed E-state index contributed by atoms with van der Waals surface area (Å²) in [5, 5.41) is 12.0. The van der Waals surface area contributed by atoms with Gasteiger partial charge in [-0.15, -0.1) is 0 Å². The van der Waals surface area contributed by atoms with Crippen LogP contribution in [0.25, 0.3) is 16.5 Å². The van der Waals surface area contributed by atoms with Gasteiger partial charge in [0.05, 0.1) is 23.8 Å². The first-order chi connectivity index (χ1) is 15.1. The Morgan fingerprint density at radius 2 is 2.13 bits per heavy atom. The van der Waals surface area contributed by atoms with Crippen molar-refractivity contribution in [3.63, 3.8) is 0 Å². The summed E-state index contributed by atoms with van der Waals surface area (Å²) in [5.74, 6) is -0.934. The van der Waals surface area contributed by atoms with Crippen molar-refractivity contribution < 1.29 is 19.0 Å². The summed E-state index contributed by atoms with van der Waals surface area (Å²) in [4.78, 5) is 23.2. The van der Waals surface area contributed by atoms with Gasteiger partial charge in [-0.25, -0.2) is 9.37 Å². The van der Waals surface area contributed by atoms with Crippen LogP contribution < -0.4 is 5.32 Å². The van der Waals surface area contributed by atoms with Crippen LogP contribution in [0.3, 0.4) is 0 Å². The number of carbonyl (C=O) groups is 1. The molecule has 4 rings (SSSR count). The third-order valence-corrected chi connectivity index (χ3v) is 5.66. The lowest BCUT2D eigenvalue weighted by atomic mass is 10.1. The molecule has 31 heavy (non-hydrogen) atoms. The zero-order chi connectivity index (χ0) is 21.6. The van der Waals surface area contributed by atoms with E-state index in [0.717, 1.165) is 40.4 Å². The topological polar surface area (TPSA) is 87.6 Å². The van der Waals surface area contributed by atoms with E-state index in [4.69, 9.17) is 4.74 Å². The molecule has 3 heterocycles. The number of nitrogens with zero attached hydrogens (tertiary/aromatic N) is 3. The lowest BCUT2D eigenvalue weighted by Gasteiger charge is -2.26. The van der Waals surface area contributed by atoms with Crippen LogP contribution in [-0.4, -0.2) is 52.2 Å². The van der Waals surface area contributed by atoms with Gasteiger partial charge in [-0.05, 0) is 29.8 Å². The Hall–Kier alpha value is -3.14. The fourth-order valence-electron chi connectivity index (χ4n) is 3.27. The minimum absolute atomic E-state index is 0.0352. The molecule has 160 valence electrons. The molecule has 9 heteroatoms. The highest BCUT2D eigenvalue weighted by molar-refractivity contribution is 7.16. The molecule has 0 spiro atoms. The van der Waals surface area contributed by atoms with Gasteiger partial charge >= 0.3 is 0 Å². The first kappa shape index (κ1) is 21.1. The average Bonchev–Trinajstić information content (AvgIpc) is 3.21. The normalized spacial score (nSPS) is 14.7. The Bertz CT molecular complexity index is 1100. The summed E-state index contributed by atoms with van der Waals surface area (Å²) < 4.78 is 19.8. The summed E-state index contributed by atoms with van der Waals surface area (Å²) in [6, 6.07) is 6.61. The van der Waals surface area contributed by atoms with E-state index < -0.39 is 11.7 Å². The molecule has 7 nitrogen and oxygen atoms in total. The molecular weight excluding hydrogens is 419 g/mol. The number of carbonyl (C=O) groups excluding carboxylic acids is 1. The highest BCUT2D eigenvalue weighted by Crippen LogP contribution is 2.32. The van der Waals surface area contributed by atoms with Gasteiger partial charge in [-0.3, -0.25) is 14.7 Å². The second-order valence-corrected chi connectivity index (χ2v) is 8.00. The second-order valence-electron chi connectivity index (χ2n) is 7.00. The maximum absolute atomic E-state index is 14.5. The predicted molar refractivity (Wildman–Crippen MR) is 117 cm³/mol. The molecule has 1 aliphatic heterocycles. The SMILES string of the molecule is O=C(/C=C/c1cnccc1-c1cnc(O)s1)Nc1ccc(CN2CCOCC2)cc1F. The van der Waals surface area contributed by atoms with E-state index in [0.29, 0.717) is 25.3 Å². The van der Waals surface area contributed by atoms with Gasteiger partial charge in [0, 0.05) is 55.4 Å². The largest absolute Gasteiger partial charge is 0.486 e. The molecule has 1 saturated heterocycles. The molecule has 0 aliphatic carbocycles. The highest BCUT2D eigenvalue weighted by Gasteiger charge is 2.13. The lowest BCUT2D eigenvalue weighted by molar-refractivity contribution is -0.111. The second kappa shape index (κ2) is 9.78. The molecule has 0 saturated carbocycles. The average molecular weight is 441 g/mol. The number of anilines is 1. The van der Waals surface area contributed by atoms with E-state index >= 15 is 0 Å². The van der Waals surface area contributed by atoms with Gasteiger partial charge in [0.15, 0.2) is 0 Å². The van der Waals surface area contributed by atoms with Crippen molar-refractivity contribution in [3.05, 3.63) is 65.9 Å². The molecule has 1 aliphatic rings. The van der Waals surface area contributed by atoms with Crippen LogP contribution in [0.2, 0.25) is 0 Å². The Morgan fingerprint density at radius 1 is 1.29 bits per heavy atom. The maximum atomic E-state index is 14.5. The third-order valence-electron chi connectivity index (χ3n) is 4.83. The van der Waals surface area contributed by atoms with E-state index in [9.17, 15) is 14.3 Å². The number of amides is 1. The van der Waals surface area contributed by atoms with Crippen molar-refractivity contribution in [1.82, 2.24) is 14.9 Å². The number of aromatic nitrogens is 2. The summed E-state index contributed by atoms with van der Waals surface area (Å²) in [5.41, 5.74) is 2.44. The van der Waals surface area contributed by atoms with Crippen LogP contribution in [-0.2, 0) is 16.1 Å². The van der Waals surface area contributed by atoms with Crippen LogP contribution in [0.5, 0.6) is 5.19 Å². The number of hydrogen-bond donors (Lipinski definition) is 2.